The second-order valence-corrected chi connectivity index (χ2v) is 8.90. The second-order valence-electron chi connectivity index (χ2n) is 7.81. The monoisotopic (exact) mass is 447 g/mol. The maximum Gasteiger partial charge on any atom is 0.259 e. The SMILES string of the molecule is CCOCc1c(C(=O)[C@H](C#N)c2nc3sc4c(c3c(=O)[nH]2)CCCC4)oc2ccccc12. The number of rotatable bonds is 6. The van der Waals surface area contributed by atoms with Crippen molar-refractivity contribution in [2.45, 2.75) is 45.1 Å². The van der Waals surface area contributed by atoms with Crippen molar-refractivity contribution >= 4 is 38.3 Å². The van der Waals surface area contributed by atoms with Crippen LogP contribution in [-0.2, 0) is 24.2 Å². The molecule has 3 heterocycles. The first-order valence-electron chi connectivity index (χ1n) is 10.7. The number of carbonyl (C=O) groups excluding carboxylic acids is 1. The Balaban J connectivity index is 1.60. The maximum absolute atomic E-state index is 13.4. The van der Waals surface area contributed by atoms with Crippen LogP contribution < -0.4 is 5.56 Å². The minimum absolute atomic E-state index is 0.0522. The second kappa shape index (κ2) is 8.34. The number of thiophene rings is 1. The van der Waals surface area contributed by atoms with Gasteiger partial charge in [0.2, 0.25) is 5.78 Å². The summed E-state index contributed by atoms with van der Waals surface area (Å²) in [6, 6.07) is 9.32. The Kier molecular flexibility index (Phi) is 5.37. The lowest BCUT2D eigenvalue weighted by Gasteiger charge is -2.10. The van der Waals surface area contributed by atoms with Gasteiger partial charge in [-0.25, -0.2) is 4.98 Å². The molecule has 0 fully saturated rings. The van der Waals surface area contributed by atoms with E-state index < -0.39 is 11.7 Å². The normalized spacial score (nSPS) is 14.4. The van der Waals surface area contributed by atoms with E-state index in [0.717, 1.165) is 36.6 Å². The van der Waals surface area contributed by atoms with E-state index in [4.69, 9.17) is 9.15 Å². The summed E-state index contributed by atoms with van der Waals surface area (Å²) in [5.41, 5.74) is 1.91. The molecule has 0 spiro atoms. The molecule has 0 aliphatic heterocycles. The van der Waals surface area contributed by atoms with E-state index in [0.29, 0.717) is 28.0 Å². The van der Waals surface area contributed by atoms with Gasteiger partial charge in [0.25, 0.3) is 5.56 Å². The number of hydrogen-bond acceptors (Lipinski definition) is 7. The Bertz CT molecular complexity index is 1440. The van der Waals surface area contributed by atoms with Crippen molar-refractivity contribution in [1.29, 1.82) is 5.26 Å². The number of benzene rings is 1. The number of H-pyrrole nitrogens is 1. The lowest BCUT2D eigenvalue weighted by Crippen LogP contribution is -2.20. The van der Waals surface area contributed by atoms with Crippen LogP contribution in [0.2, 0.25) is 0 Å². The Hall–Kier alpha value is -3.28. The zero-order chi connectivity index (χ0) is 22.2. The van der Waals surface area contributed by atoms with Crippen molar-refractivity contribution < 1.29 is 13.9 Å². The van der Waals surface area contributed by atoms with Gasteiger partial charge < -0.3 is 14.1 Å². The molecule has 0 saturated carbocycles. The summed E-state index contributed by atoms with van der Waals surface area (Å²) in [6.07, 6.45) is 3.94. The molecule has 0 bridgehead atoms. The number of aromatic amines is 1. The third kappa shape index (κ3) is 3.34. The molecule has 32 heavy (non-hydrogen) atoms. The van der Waals surface area contributed by atoms with Gasteiger partial charge in [-0.3, -0.25) is 9.59 Å². The molecule has 1 aliphatic carbocycles. The van der Waals surface area contributed by atoms with Gasteiger partial charge in [0.1, 0.15) is 16.2 Å². The molecule has 1 N–H and O–H groups in total. The first kappa shape index (κ1) is 20.6. The predicted octanol–water partition coefficient (Wildman–Crippen LogP) is 4.64. The van der Waals surface area contributed by atoms with Gasteiger partial charge in [-0.15, -0.1) is 11.3 Å². The molecule has 4 aromatic rings. The number of nitrogens with one attached hydrogen (secondary N) is 1. The molecule has 1 aliphatic rings. The molecule has 0 unspecified atom stereocenters. The number of aryl methyl sites for hydroxylation is 2. The van der Waals surface area contributed by atoms with E-state index in [9.17, 15) is 14.9 Å². The van der Waals surface area contributed by atoms with Gasteiger partial charge in [0.05, 0.1) is 18.1 Å². The van der Waals surface area contributed by atoms with Crippen molar-refractivity contribution in [3.8, 4) is 6.07 Å². The van der Waals surface area contributed by atoms with Gasteiger partial charge in [-0.05, 0) is 44.2 Å². The van der Waals surface area contributed by atoms with Crippen LogP contribution in [-0.4, -0.2) is 22.4 Å². The van der Waals surface area contributed by atoms with Crippen LogP contribution in [0.15, 0.2) is 33.5 Å². The van der Waals surface area contributed by atoms with Crippen LogP contribution in [0.5, 0.6) is 0 Å². The highest BCUT2D eigenvalue weighted by atomic mass is 32.1. The topological polar surface area (TPSA) is 109 Å². The molecule has 0 radical (unpaired) electrons. The summed E-state index contributed by atoms with van der Waals surface area (Å²) in [5, 5.41) is 11.2. The number of para-hydroxylation sites is 1. The average molecular weight is 448 g/mol. The van der Waals surface area contributed by atoms with Crippen LogP contribution in [0, 0.1) is 11.3 Å². The fourth-order valence-electron chi connectivity index (χ4n) is 4.34. The molecule has 162 valence electrons. The highest BCUT2D eigenvalue weighted by molar-refractivity contribution is 7.18. The summed E-state index contributed by atoms with van der Waals surface area (Å²) >= 11 is 1.49. The third-order valence-electron chi connectivity index (χ3n) is 5.88. The summed E-state index contributed by atoms with van der Waals surface area (Å²) in [6.45, 7) is 2.53. The molecule has 0 saturated heterocycles. The maximum atomic E-state index is 13.4. The van der Waals surface area contributed by atoms with Crippen molar-refractivity contribution in [2.24, 2.45) is 0 Å². The van der Waals surface area contributed by atoms with Crippen LogP contribution in [0.3, 0.4) is 0 Å². The van der Waals surface area contributed by atoms with Crippen molar-refractivity contribution in [2.75, 3.05) is 6.61 Å². The quantitative estimate of drug-likeness (QED) is 0.432. The van der Waals surface area contributed by atoms with E-state index in [1.807, 2.05) is 31.2 Å². The van der Waals surface area contributed by atoms with Gasteiger partial charge in [-0.2, -0.15) is 5.26 Å². The number of nitriles is 1. The lowest BCUT2D eigenvalue weighted by molar-refractivity contribution is 0.0938. The number of fused-ring (bicyclic) bond motifs is 4. The van der Waals surface area contributed by atoms with Gasteiger partial charge in [-0.1, -0.05) is 18.2 Å². The molecule has 0 amide bonds. The molecule has 1 aromatic carbocycles. The number of nitrogens with zero attached hydrogens (tertiary/aromatic N) is 2. The molecule has 7 nitrogen and oxygen atoms in total. The first-order valence-corrected chi connectivity index (χ1v) is 11.5. The van der Waals surface area contributed by atoms with E-state index in [2.05, 4.69) is 9.97 Å². The molecular formula is C24H21N3O4S. The number of ketones is 1. The summed E-state index contributed by atoms with van der Waals surface area (Å²) in [7, 11) is 0. The van der Waals surface area contributed by atoms with E-state index in [1.54, 1.807) is 6.07 Å². The fourth-order valence-corrected chi connectivity index (χ4v) is 5.61. The lowest BCUT2D eigenvalue weighted by atomic mass is 9.97. The van der Waals surface area contributed by atoms with Crippen LogP contribution in [0.4, 0.5) is 0 Å². The van der Waals surface area contributed by atoms with Crippen molar-refractivity contribution in [1.82, 2.24) is 9.97 Å². The number of furan rings is 1. The molecule has 3 aromatic heterocycles. The summed E-state index contributed by atoms with van der Waals surface area (Å²) in [4.78, 5) is 35.4. The standard InChI is InChI=1S/C24H21N3O4S/c1-2-30-12-16-13-7-3-5-9-17(13)31-21(16)20(28)15(11-25)22-26-23(29)19-14-8-4-6-10-18(14)32-24(19)27-22/h3,5,7,9,15H,2,4,6,8,10,12H2,1H3,(H,26,27,29)/t15-/m0/s1. The smallest absolute Gasteiger partial charge is 0.259 e. The minimum atomic E-state index is -1.29. The van der Waals surface area contributed by atoms with E-state index >= 15 is 0 Å². The number of carbonyl (C=O) groups is 1. The molecular weight excluding hydrogens is 426 g/mol. The molecule has 1 atom stereocenters. The Morgan fingerprint density at radius 2 is 2.16 bits per heavy atom. The zero-order valence-corrected chi connectivity index (χ0v) is 18.4. The highest BCUT2D eigenvalue weighted by Crippen LogP contribution is 2.35. The molecule has 8 heteroatoms. The van der Waals surface area contributed by atoms with Crippen LogP contribution in [0.1, 0.15) is 58.1 Å². The number of Topliss-reactive ketones (excluding diaryl/α,β-unsaturated/α-hetero) is 1. The number of aromatic nitrogens is 2. The Morgan fingerprint density at radius 1 is 1.34 bits per heavy atom. The van der Waals surface area contributed by atoms with E-state index in [-0.39, 0.29) is 23.8 Å². The fraction of sp³-hybridized carbons (Fsp3) is 0.333. The molecule has 5 rings (SSSR count). The first-order chi connectivity index (χ1) is 15.6. The van der Waals surface area contributed by atoms with E-state index in [1.165, 1.54) is 16.2 Å². The Labute approximate surface area is 187 Å². The van der Waals surface area contributed by atoms with Crippen molar-refractivity contribution in [3.05, 3.63) is 62.2 Å². The van der Waals surface area contributed by atoms with Crippen LogP contribution >= 0.6 is 11.3 Å². The predicted molar refractivity (Wildman–Crippen MR) is 121 cm³/mol. The summed E-state index contributed by atoms with van der Waals surface area (Å²) < 4.78 is 11.4. The Morgan fingerprint density at radius 3 is 2.97 bits per heavy atom. The van der Waals surface area contributed by atoms with Gasteiger partial charge in [0, 0.05) is 22.4 Å². The largest absolute Gasteiger partial charge is 0.453 e. The van der Waals surface area contributed by atoms with Gasteiger partial charge >= 0.3 is 0 Å². The number of ether oxygens (including phenoxy) is 1. The average Bonchev–Trinajstić information content (AvgIpc) is 3.36. The van der Waals surface area contributed by atoms with Crippen LogP contribution in [0.25, 0.3) is 21.2 Å². The minimum Gasteiger partial charge on any atom is -0.453 e. The number of hydrogen-bond donors (Lipinski definition) is 1. The zero-order valence-electron chi connectivity index (χ0n) is 17.6. The highest BCUT2D eigenvalue weighted by Gasteiger charge is 2.31. The third-order valence-corrected chi connectivity index (χ3v) is 7.07. The van der Waals surface area contributed by atoms with Gasteiger partial charge in [0.15, 0.2) is 11.7 Å². The van der Waals surface area contributed by atoms with Crippen molar-refractivity contribution in [3.63, 3.8) is 0 Å². The summed E-state index contributed by atoms with van der Waals surface area (Å²) in [5.74, 6) is -1.70.